The van der Waals surface area contributed by atoms with Gasteiger partial charge in [-0.25, -0.2) is 0 Å². The van der Waals surface area contributed by atoms with Crippen LogP contribution in [0.25, 0.3) is 0 Å². The summed E-state index contributed by atoms with van der Waals surface area (Å²) in [5, 5.41) is 11.9. The molecule has 6 nitrogen and oxygen atoms in total. The van der Waals surface area contributed by atoms with E-state index in [2.05, 4.69) is 50.1 Å². The maximum absolute atomic E-state index is 11.9. The SMILES string of the molecule is COc1ccc(CCCN(C)CC[C@@]2(O)CCc3cc(OC)c(OC)cc3[C@@H]2C(C)C)cc1OC. The Balaban J connectivity index is 1.62. The lowest BCUT2D eigenvalue weighted by molar-refractivity contribution is -0.0301. The van der Waals surface area contributed by atoms with Crippen LogP contribution >= 0.6 is 0 Å². The largest absolute Gasteiger partial charge is 0.493 e. The monoisotopic (exact) mass is 485 g/mol. The second-order valence-corrected chi connectivity index (χ2v) is 10.1. The molecule has 6 heteroatoms. The van der Waals surface area contributed by atoms with E-state index in [4.69, 9.17) is 18.9 Å². The summed E-state index contributed by atoms with van der Waals surface area (Å²) in [7, 11) is 8.81. The molecule has 0 bridgehead atoms. The van der Waals surface area contributed by atoms with Crippen LogP contribution in [0.4, 0.5) is 0 Å². The molecule has 0 fully saturated rings. The molecule has 2 atom stereocenters. The van der Waals surface area contributed by atoms with E-state index in [1.54, 1.807) is 28.4 Å². The lowest BCUT2D eigenvalue weighted by atomic mass is 9.66. The van der Waals surface area contributed by atoms with Crippen LogP contribution < -0.4 is 18.9 Å². The lowest BCUT2D eigenvalue weighted by Crippen LogP contribution is -2.45. The van der Waals surface area contributed by atoms with Crippen LogP contribution in [0, 0.1) is 5.92 Å². The van der Waals surface area contributed by atoms with E-state index in [0.717, 1.165) is 68.2 Å². The van der Waals surface area contributed by atoms with Gasteiger partial charge in [0.25, 0.3) is 0 Å². The third-order valence-corrected chi connectivity index (χ3v) is 7.43. The quantitative estimate of drug-likeness (QED) is 0.452. The summed E-state index contributed by atoms with van der Waals surface area (Å²) in [6.45, 7) is 6.23. The average molecular weight is 486 g/mol. The Morgan fingerprint density at radius 1 is 0.914 bits per heavy atom. The maximum atomic E-state index is 11.9. The number of methoxy groups -OCH3 is 4. The van der Waals surface area contributed by atoms with Crippen molar-refractivity contribution in [3.8, 4) is 23.0 Å². The highest BCUT2D eigenvalue weighted by atomic mass is 16.5. The lowest BCUT2D eigenvalue weighted by Gasteiger charge is -2.44. The molecule has 0 heterocycles. The van der Waals surface area contributed by atoms with Crippen molar-refractivity contribution in [2.24, 2.45) is 5.92 Å². The fourth-order valence-corrected chi connectivity index (χ4v) is 5.58. The summed E-state index contributed by atoms with van der Waals surface area (Å²) in [6.07, 6.45) is 4.36. The van der Waals surface area contributed by atoms with E-state index >= 15 is 0 Å². The van der Waals surface area contributed by atoms with Crippen molar-refractivity contribution >= 4 is 0 Å². The number of rotatable bonds is 12. The van der Waals surface area contributed by atoms with E-state index in [-0.39, 0.29) is 5.92 Å². The molecular weight excluding hydrogens is 442 g/mol. The number of aliphatic hydroxyl groups is 1. The van der Waals surface area contributed by atoms with Gasteiger partial charge in [-0.3, -0.25) is 0 Å². The van der Waals surface area contributed by atoms with Gasteiger partial charge < -0.3 is 29.0 Å². The van der Waals surface area contributed by atoms with Gasteiger partial charge in [-0.2, -0.15) is 0 Å². The number of hydrogen-bond donors (Lipinski definition) is 1. The van der Waals surface area contributed by atoms with Crippen LogP contribution in [-0.4, -0.2) is 64.2 Å². The molecule has 0 saturated heterocycles. The van der Waals surface area contributed by atoms with Gasteiger partial charge in [0.15, 0.2) is 23.0 Å². The highest BCUT2D eigenvalue weighted by Gasteiger charge is 2.43. The smallest absolute Gasteiger partial charge is 0.161 e. The van der Waals surface area contributed by atoms with Crippen molar-refractivity contribution in [1.82, 2.24) is 4.90 Å². The predicted octanol–water partition coefficient (Wildman–Crippen LogP) is 5.09. The molecule has 2 aromatic carbocycles. The van der Waals surface area contributed by atoms with E-state index < -0.39 is 5.60 Å². The zero-order valence-electron chi connectivity index (χ0n) is 22.5. The van der Waals surface area contributed by atoms with E-state index in [0.29, 0.717) is 5.92 Å². The summed E-state index contributed by atoms with van der Waals surface area (Å²) in [5.74, 6) is 3.39. The molecule has 0 amide bonds. The molecule has 2 aromatic rings. The fraction of sp³-hybridized carbons (Fsp3) is 0.586. The molecule has 1 aliphatic rings. The summed E-state index contributed by atoms with van der Waals surface area (Å²) >= 11 is 0. The number of nitrogens with zero attached hydrogens (tertiary/aromatic N) is 1. The van der Waals surface area contributed by atoms with Crippen molar-refractivity contribution in [2.45, 2.75) is 57.5 Å². The standard InChI is InChI=1S/C29H43NO5/c1-20(2)28-23-19-27(35-7)26(34-6)18-22(23)12-13-29(28,31)14-16-30(3)15-8-9-21-10-11-24(32-4)25(17-21)33-5/h10-11,17-20,28,31H,8-9,12-16H2,1-7H3/t28-,29-/m0/s1. The third-order valence-electron chi connectivity index (χ3n) is 7.43. The molecular formula is C29H43NO5. The summed E-state index contributed by atoms with van der Waals surface area (Å²) in [6, 6.07) is 10.3. The first-order chi connectivity index (χ1) is 16.8. The Labute approximate surface area is 211 Å². The van der Waals surface area contributed by atoms with Crippen LogP contribution in [0.5, 0.6) is 23.0 Å². The molecule has 0 spiro atoms. The second kappa shape index (κ2) is 12.0. The highest BCUT2D eigenvalue weighted by Crippen LogP contribution is 2.48. The van der Waals surface area contributed by atoms with Gasteiger partial charge in [0.2, 0.25) is 0 Å². The first kappa shape index (κ1) is 27.2. The molecule has 3 rings (SSSR count). The van der Waals surface area contributed by atoms with Crippen molar-refractivity contribution < 1.29 is 24.1 Å². The van der Waals surface area contributed by atoms with Crippen LogP contribution in [0.1, 0.15) is 55.7 Å². The van der Waals surface area contributed by atoms with Gasteiger partial charge in [0, 0.05) is 12.5 Å². The maximum Gasteiger partial charge on any atom is 0.161 e. The molecule has 194 valence electrons. The summed E-state index contributed by atoms with van der Waals surface area (Å²) in [5.41, 5.74) is 2.96. The first-order valence-corrected chi connectivity index (χ1v) is 12.6. The topological polar surface area (TPSA) is 60.4 Å². The molecule has 0 aromatic heterocycles. The Kier molecular flexibility index (Phi) is 9.31. The van der Waals surface area contributed by atoms with Gasteiger partial charge in [-0.1, -0.05) is 19.9 Å². The molecule has 0 saturated carbocycles. The molecule has 1 N–H and O–H groups in total. The van der Waals surface area contributed by atoms with E-state index in [1.165, 1.54) is 16.7 Å². The minimum atomic E-state index is -0.738. The second-order valence-electron chi connectivity index (χ2n) is 10.1. The fourth-order valence-electron chi connectivity index (χ4n) is 5.58. The minimum absolute atomic E-state index is 0.0613. The minimum Gasteiger partial charge on any atom is -0.493 e. The number of hydrogen-bond acceptors (Lipinski definition) is 6. The van der Waals surface area contributed by atoms with Gasteiger partial charge in [0.05, 0.1) is 34.0 Å². The van der Waals surface area contributed by atoms with Crippen LogP contribution in [0.15, 0.2) is 30.3 Å². The van der Waals surface area contributed by atoms with Crippen molar-refractivity contribution in [3.05, 3.63) is 47.0 Å². The average Bonchev–Trinajstić information content (AvgIpc) is 2.86. The molecule has 0 unspecified atom stereocenters. The zero-order valence-corrected chi connectivity index (χ0v) is 22.5. The molecule has 0 radical (unpaired) electrons. The number of aryl methyl sites for hydroxylation is 2. The van der Waals surface area contributed by atoms with E-state index in [1.807, 2.05) is 6.07 Å². The normalized spacial score (nSPS) is 19.5. The zero-order chi connectivity index (χ0) is 25.6. The Morgan fingerprint density at radius 3 is 2.17 bits per heavy atom. The van der Waals surface area contributed by atoms with Crippen LogP contribution in [-0.2, 0) is 12.8 Å². The summed E-state index contributed by atoms with van der Waals surface area (Å²) in [4.78, 5) is 2.33. The Bertz CT molecular complexity index is 976. The van der Waals surface area contributed by atoms with Crippen molar-refractivity contribution in [1.29, 1.82) is 0 Å². The Morgan fingerprint density at radius 2 is 1.54 bits per heavy atom. The predicted molar refractivity (Wildman–Crippen MR) is 140 cm³/mol. The highest BCUT2D eigenvalue weighted by molar-refractivity contribution is 5.50. The first-order valence-electron chi connectivity index (χ1n) is 12.6. The summed E-state index contributed by atoms with van der Waals surface area (Å²) < 4.78 is 21.9. The van der Waals surface area contributed by atoms with Crippen LogP contribution in [0.2, 0.25) is 0 Å². The Hall–Kier alpha value is -2.44. The molecule has 0 aliphatic heterocycles. The van der Waals surface area contributed by atoms with Crippen molar-refractivity contribution in [2.75, 3.05) is 48.6 Å². The van der Waals surface area contributed by atoms with Gasteiger partial charge >= 0.3 is 0 Å². The van der Waals surface area contributed by atoms with E-state index in [9.17, 15) is 5.11 Å². The number of ether oxygens (including phenoxy) is 4. The number of fused-ring (bicyclic) bond motifs is 1. The van der Waals surface area contributed by atoms with Crippen molar-refractivity contribution in [3.63, 3.8) is 0 Å². The van der Waals surface area contributed by atoms with Gasteiger partial charge in [0.1, 0.15) is 0 Å². The van der Waals surface area contributed by atoms with Gasteiger partial charge in [-0.15, -0.1) is 0 Å². The third kappa shape index (κ3) is 6.22. The van der Waals surface area contributed by atoms with Crippen LogP contribution in [0.3, 0.4) is 0 Å². The molecule has 35 heavy (non-hydrogen) atoms. The van der Waals surface area contributed by atoms with Gasteiger partial charge in [-0.05, 0) is 92.6 Å². The molecule has 1 aliphatic carbocycles. The number of benzene rings is 2.